The van der Waals surface area contributed by atoms with Crippen LogP contribution in [0.25, 0.3) is 4.96 Å². The topological polar surface area (TPSA) is 82.8 Å². The molecule has 9 heteroatoms. The number of aromatic nitrogens is 3. The summed E-state index contributed by atoms with van der Waals surface area (Å²) in [6.07, 6.45) is 3.61. The van der Waals surface area contributed by atoms with Crippen LogP contribution in [-0.4, -0.2) is 57.6 Å². The molecule has 0 radical (unpaired) electrons. The van der Waals surface area contributed by atoms with Crippen LogP contribution in [0.2, 0.25) is 0 Å². The second kappa shape index (κ2) is 9.61. The first-order chi connectivity index (χ1) is 16.0. The predicted molar refractivity (Wildman–Crippen MR) is 130 cm³/mol. The smallest absolute Gasteiger partial charge is 0.275 e. The van der Waals surface area contributed by atoms with E-state index >= 15 is 0 Å². The largest absolute Gasteiger partial charge is 0.353 e. The summed E-state index contributed by atoms with van der Waals surface area (Å²) in [5.74, 6) is 0.232. The lowest BCUT2D eigenvalue weighted by Gasteiger charge is -2.35. The summed E-state index contributed by atoms with van der Waals surface area (Å²) in [5.41, 5.74) is 1.90. The molecule has 3 aromatic rings. The molecule has 33 heavy (non-hydrogen) atoms. The second-order valence-corrected chi connectivity index (χ2v) is 10.1. The van der Waals surface area contributed by atoms with Crippen molar-refractivity contribution in [3.63, 3.8) is 0 Å². The van der Waals surface area contributed by atoms with Gasteiger partial charge in [-0.05, 0) is 38.2 Å². The Kier molecular flexibility index (Phi) is 6.41. The highest BCUT2D eigenvalue weighted by molar-refractivity contribution is 7.20. The van der Waals surface area contributed by atoms with Gasteiger partial charge in [0.05, 0.1) is 0 Å². The number of aryl methyl sites for hydroxylation is 1. The van der Waals surface area contributed by atoms with Crippen molar-refractivity contribution in [2.24, 2.45) is 5.92 Å². The van der Waals surface area contributed by atoms with Crippen LogP contribution in [0.5, 0.6) is 0 Å². The van der Waals surface area contributed by atoms with Gasteiger partial charge in [0.25, 0.3) is 5.56 Å². The Morgan fingerprint density at radius 1 is 1.09 bits per heavy atom. The van der Waals surface area contributed by atoms with E-state index in [1.54, 1.807) is 0 Å². The number of amides is 1. The predicted octanol–water partition coefficient (Wildman–Crippen LogP) is 2.46. The van der Waals surface area contributed by atoms with E-state index < -0.39 is 0 Å². The van der Waals surface area contributed by atoms with Crippen molar-refractivity contribution in [2.75, 3.05) is 31.1 Å². The summed E-state index contributed by atoms with van der Waals surface area (Å²) in [7, 11) is 0. The average molecular weight is 467 g/mol. The number of hydrogen-bond donors (Lipinski definition) is 1. The van der Waals surface area contributed by atoms with Gasteiger partial charge in [-0.2, -0.15) is 4.52 Å². The molecule has 2 aliphatic heterocycles. The van der Waals surface area contributed by atoms with E-state index in [4.69, 9.17) is 0 Å². The van der Waals surface area contributed by atoms with Gasteiger partial charge in [0.2, 0.25) is 16.0 Å². The summed E-state index contributed by atoms with van der Waals surface area (Å²) in [6.45, 7) is 6.36. The molecule has 0 atom stereocenters. The van der Waals surface area contributed by atoms with Crippen LogP contribution in [0, 0.1) is 12.8 Å². The molecule has 0 unspecified atom stereocenters. The Hall–Kier alpha value is -2.78. The van der Waals surface area contributed by atoms with E-state index in [1.165, 1.54) is 27.5 Å². The highest BCUT2D eigenvalue weighted by atomic mass is 32.1. The van der Waals surface area contributed by atoms with E-state index in [1.807, 2.05) is 13.0 Å². The van der Waals surface area contributed by atoms with Crippen LogP contribution in [0.3, 0.4) is 0 Å². The molecule has 2 fully saturated rings. The van der Waals surface area contributed by atoms with Crippen LogP contribution in [0.15, 0.2) is 41.2 Å². The van der Waals surface area contributed by atoms with Gasteiger partial charge >= 0.3 is 0 Å². The summed E-state index contributed by atoms with van der Waals surface area (Å²) < 4.78 is 1.37. The minimum absolute atomic E-state index is 0.0427. The molecule has 2 saturated heterocycles. The normalized spacial score (nSPS) is 18.6. The molecule has 0 spiro atoms. The van der Waals surface area contributed by atoms with Gasteiger partial charge in [-0.25, -0.2) is 4.98 Å². The third kappa shape index (κ3) is 5.09. The molecule has 0 aliphatic carbocycles. The minimum atomic E-state index is -0.149. The third-order valence-corrected chi connectivity index (χ3v) is 7.65. The van der Waals surface area contributed by atoms with Crippen molar-refractivity contribution in [1.29, 1.82) is 0 Å². The quantitative estimate of drug-likeness (QED) is 0.622. The Morgan fingerprint density at radius 3 is 2.55 bits per heavy atom. The van der Waals surface area contributed by atoms with Gasteiger partial charge in [-0.1, -0.05) is 41.7 Å². The lowest BCUT2D eigenvalue weighted by Crippen LogP contribution is -2.48. The fraction of sp³-hybridized carbons (Fsp3) is 0.500. The Balaban J connectivity index is 1.10. The van der Waals surface area contributed by atoms with Crippen LogP contribution >= 0.6 is 11.3 Å². The van der Waals surface area contributed by atoms with Crippen molar-refractivity contribution in [3.05, 3.63) is 58.0 Å². The lowest BCUT2D eigenvalue weighted by atomic mass is 9.95. The van der Waals surface area contributed by atoms with Gasteiger partial charge in [0.1, 0.15) is 0 Å². The van der Waals surface area contributed by atoms with Crippen molar-refractivity contribution in [3.8, 4) is 0 Å². The maximum Gasteiger partial charge on any atom is 0.275 e. The Morgan fingerprint density at radius 2 is 1.82 bits per heavy atom. The monoisotopic (exact) mass is 466 g/mol. The number of carbonyl (C=O) groups is 1. The lowest BCUT2D eigenvalue weighted by molar-refractivity contribution is -0.126. The maximum absolute atomic E-state index is 12.9. The number of rotatable bonds is 5. The number of likely N-dealkylation sites (tertiary alicyclic amines) is 1. The summed E-state index contributed by atoms with van der Waals surface area (Å²) in [6, 6.07) is 12.3. The fourth-order valence-corrected chi connectivity index (χ4v) is 5.77. The van der Waals surface area contributed by atoms with E-state index in [9.17, 15) is 9.59 Å². The van der Waals surface area contributed by atoms with Gasteiger partial charge < -0.3 is 10.2 Å². The number of benzene rings is 1. The zero-order chi connectivity index (χ0) is 22.8. The zero-order valence-corrected chi connectivity index (χ0v) is 19.8. The van der Waals surface area contributed by atoms with Crippen LogP contribution in [0.1, 0.15) is 36.9 Å². The number of anilines is 1. The first kappa shape index (κ1) is 22.0. The molecule has 5 rings (SSSR count). The average Bonchev–Trinajstić information content (AvgIpc) is 3.26. The highest BCUT2D eigenvalue weighted by Crippen LogP contribution is 2.27. The maximum atomic E-state index is 12.9. The van der Waals surface area contributed by atoms with Gasteiger partial charge in [0, 0.05) is 56.4 Å². The number of piperidine rings is 2. The van der Waals surface area contributed by atoms with Crippen molar-refractivity contribution in [2.45, 2.75) is 45.2 Å². The molecule has 8 nitrogen and oxygen atoms in total. The van der Waals surface area contributed by atoms with Crippen molar-refractivity contribution >= 4 is 27.3 Å². The highest BCUT2D eigenvalue weighted by Gasteiger charge is 2.29. The molecule has 0 bridgehead atoms. The fourth-order valence-electron chi connectivity index (χ4n) is 4.77. The minimum Gasteiger partial charge on any atom is -0.353 e. The summed E-state index contributed by atoms with van der Waals surface area (Å²) in [4.78, 5) is 34.7. The van der Waals surface area contributed by atoms with E-state index in [-0.39, 0.29) is 23.4 Å². The van der Waals surface area contributed by atoms with Crippen molar-refractivity contribution < 1.29 is 4.79 Å². The molecule has 4 heterocycles. The first-order valence-corrected chi connectivity index (χ1v) is 12.6. The number of nitrogens with zero attached hydrogens (tertiary/aromatic N) is 5. The standard InChI is InChI=1S/C24H30N6O2S/c1-17-15-21(31)30-23(25-17)33-24(27-30)29-13-7-19(8-14-29)22(32)26-20-9-11-28(12-10-20)16-18-5-3-2-4-6-18/h2-6,15,19-20H,7-14,16H2,1H3,(H,26,32). The number of carbonyl (C=O) groups excluding carboxylic acids is 1. The SMILES string of the molecule is Cc1cc(=O)n2nc(N3CCC(C(=O)NC4CCN(Cc5ccccc5)CC4)CC3)sc2n1. The number of nitrogens with one attached hydrogen (secondary N) is 1. The Labute approximate surface area is 197 Å². The van der Waals surface area contributed by atoms with Crippen LogP contribution in [-0.2, 0) is 11.3 Å². The molecule has 2 aromatic heterocycles. The first-order valence-electron chi connectivity index (χ1n) is 11.7. The van der Waals surface area contributed by atoms with E-state index in [0.717, 1.165) is 63.5 Å². The van der Waals surface area contributed by atoms with E-state index in [2.05, 4.69) is 49.5 Å². The second-order valence-electron chi connectivity index (χ2n) is 9.12. The summed E-state index contributed by atoms with van der Waals surface area (Å²) in [5, 5.41) is 8.57. The zero-order valence-electron chi connectivity index (χ0n) is 18.9. The Bertz CT molecular complexity index is 1160. The van der Waals surface area contributed by atoms with Gasteiger partial charge in [-0.3, -0.25) is 14.5 Å². The molecule has 1 N–H and O–H groups in total. The van der Waals surface area contributed by atoms with Gasteiger partial charge in [0.15, 0.2) is 0 Å². The van der Waals surface area contributed by atoms with Crippen molar-refractivity contribution in [1.82, 2.24) is 24.8 Å². The van der Waals surface area contributed by atoms with Crippen LogP contribution < -0.4 is 15.8 Å². The molecule has 2 aliphatic rings. The molecule has 1 amide bonds. The van der Waals surface area contributed by atoms with Gasteiger partial charge in [-0.15, -0.1) is 5.10 Å². The van der Waals surface area contributed by atoms with E-state index in [0.29, 0.717) is 10.7 Å². The molecule has 174 valence electrons. The molecule has 1 aromatic carbocycles. The van der Waals surface area contributed by atoms with Crippen LogP contribution in [0.4, 0.5) is 5.13 Å². The number of hydrogen-bond acceptors (Lipinski definition) is 7. The molecule has 0 saturated carbocycles. The summed E-state index contributed by atoms with van der Waals surface area (Å²) >= 11 is 1.43. The third-order valence-electron chi connectivity index (χ3n) is 6.68. The molecular formula is C24H30N6O2S. The number of fused-ring (bicyclic) bond motifs is 1. The molecular weight excluding hydrogens is 436 g/mol.